The number of fused-ring (bicyclic) bond motifs is 2. The van der Waals surface area contributed by atoms with Gasteiger partial charge in [0.15, 0.2) is 0 Å². The van der Waals surface area contributed by atoms with Crippen LogP contribution >= 0.6 is 0 Å². The zero-order valence-electron chi connectivity index (χ0n) is 21.6. The summed E-state index contributed by atoms with van der Waals surface area (Å²) < 4.78 is 53.8. The summed E-state index contributed by atoms with van der Waals surface area (Å²) in [4.78, 5) is 6.26. The SMILES string of the molecule is FC1(F)CCN(C2CCC2)C1.[B]C([B])(C)Cc1nc(N)nn2ccc(-c3ccc4nnn(CC(F)F)c4c3)c12. The van der Waals surface area contributed by atoms with Crippen LogP contribution in [0.3, 0.4) is 0 Å². The summed E-state index contributed by atoms with van der Waals surface area (Å²) in [6.07, 6.45) is 3.06. The van der Waals surface area contributed by atoms with Crippen LogP contribution in [-0.4, -0.2) is 81.7 Å². The minimum Gasteiger partial charge on any atom is -0.367 e. The Morgan fingerprint density at radius 2 is 1.97 bits per heavy atom. The number of aromatic nitrogens is 6. The molecule has 8 nitrogen and oxygen atoms in total. The largest absolute Gasteiger partial charge is 0.367 e. The van der Waals surface area contributed by atoms with Crippen LogP contribution in [0.5, 0.6) is 0 Å². The highest BCUT2D eigenvalue weighted by Gasteiger charge is 2.41. The molecule has 202 valence electrons. The summed E-state index contributed by atoms with van der Waals surface area (Å²) in [5.41, 5.74) is 9.71. The van der Waals surface area contributed by atoms with Crippen molar-refractivity contribution in [2.75, 3.05) is 18.8 Å². The molecule has 2 fully saturated rings. The highest BCUT2D eigenvalue weighted by Crippen LogP contribution is 2.34. The maximum atomic E-state index is 12.8. The standard InChI is InChI=1S/C17H15B2F2N7.C8H13F2N/c1-17(18,19)7-12-15-10(4-5-27(15)25-16(22)23-12)9-2-3-11-13(6-9)28(26-24-11)8-14(20)21;9-8(10)4-5-11(6-8)7-2-1-3-7/h2-6,14H,7-8H2,1H3,(H2,22,25);7H,1-6H2. The monoisotopic (exact) mass is 538 g/mol. The average molecular weight is 538 g/mol. The number of likely N-dealkylation sites (tertiary alicyclic amines) is 1. The zero-order valence-corrected chi connectivity index (χ0v) is 21.6. The summed E-state index contributed by atoms with van der Waals surface area (Å²) in [7, 11) is 11.9. The van der Waals surface area contributed by atoms with Crippen LogP contribution in [-0.2, 0) is 13.0 Å². The van der Waals surface area contributed by atoms with E-state index < -0.39 is 24.1 Å². The van der Waals surface area contributed by atoms with E-state index in [1.807, 2.05) is 17.0 Å². The van der Waals surface area contributed by atoms with Gasteiger partial charge in [0.25, 0.3) is 12.3 Å². The first-order valence-electron chi connectivity index (χ1n) is 12.8. The minimum atomic E-state index is -2.53. The van der Waals surface area contributed by atoms with Crippen LogP contribution < -0.4 is 5.73 Å². The summed E-state index contributed by atoms with van der Waals surface area (Å²) in [5, 5.41) is 10.9. The molecule has 6 rings (SSSR count). The van der Waals surface area contributed by atoms with Gasteiger partial charge in [0.1, 0.15) is 12.1 Å². The molecule has 39 heavy (non-hydrogen) atoms. The number of nitrogens with two attached hydrogens (primary N) is 1. The van der Waals surface area contributed by atoms with Crippen molar-refractivity contribution >= 4 is 38.2 Å². The lowest BCUT2D eigenvalue weighted by atomic mass is 9.54. The normalized spacial score (nSPS) is 18.0. The minimum absolute atomic E-state index is 0.0116. The predicted octanol–water partition coefficient (Wildman–Crippen LogP) is 3.88. The van der Waals surface area contributed by atoms with Crippen molar-refractivity contribution in [2.24, 2.45) is 0 Å². The van der Waals surface area contributed by atoms with Gasteiger partial charge >= 0.3 is 0 Å². The number of nitrogen functional groups attached to an aromatic ring is 1. The van der Waals surface area contributed by atoms with E-state index in [1.54, 1.807) is 29.8 Å². The van der Waals surface area contributed by atoms with Gasteiger partial charge in [-0.25, -0.2) is 31.7 Å². The van der Waals surface area contributed by atoms with Crippen LogP contribution in [0.2, 0.25) is 5.21 Å². The number of benzene rings is 1. The number of alkyl halides is 4. The average Bonchev–Trinajstić information content (AvgIpc) is 3.48. The molecule has 0 amide bonds. The van der Waals surface area contributed by atoms with Crippen molar-refractivity contribution in [2.45, 2.75) is 69.2 Å². The molecule has 2 N–H and O–H groups in total. The maximum Gasteiger partial charge on any atom is 0.261 e. The topological polar surface area (TPSA) is 90.2 Å². The molecule has 4 aromatic rings. The summed E-state index contributed by atoms with van der Waals surface area (Å²) in [6.45, 7) is 1.78. The van der Waals surface area contributed by atoms with Crippen molar-refractivity contribution in [1.29, 1.82) is 0 Å². The Labute approximate surface area is 225 Å². The number of halogens is 4. The Balaban J connectivity index is 0.000000233. The fourth-order valence-electron chi connectivity index (χ4n) is 5.06. The molecule has 0 atom stereocenters. The van der Waals surface area contributed by atoms with Crippen molar-refractivity contribution < 1.29 is 17.6 Å². The second-order valence-electron chi connectivity index (χ2n) is 10.6. The molecule has 1 aromatic carbocycles. The van der Waals surface area contributed by atoms with E-state index in [-0.39, 0.29) is 25.3 Å². The first-order chi connectivity index (χ1) is 18.4. The first-order valence-corrected chi connectivity index (χ1v) is 12.8. The quantitative estimate of drug-likeness (QED) is 0.296. The van der Waals surface area contributed by atoms with Gasteiger partial charge < -0.3 is 5.73 Å². The summed E-state index contributed by atoms with van der Waals surface area (Å²) >= 11 is 0. The third-order valence-corrected chi connectivity index (χ3v) is 7.07. The van der Waals surface area contributed by atoms with Gasteiger partial charge in [-0.15, -0.1) is 10.2 Å². The van der Waals surface area contributed by atoms with Crippen molar-refractivity contribution in [3.63, 3.8) is 0 Å². The Bertz CT molecular complexity index is 1460. The van der Waals surface area contributed by atoms with Crippen LogP contribution in [0.15, 0.2) is 30.5 Å². The molecule has 0 unspecified atom stereocenters. The highest BCUT2D eigenvalue weighted by atomic mass is 19.3. The molecule has 1 saturated heterocycles. The fourth-order valence-corrected chi connectivity index (χ4v) is 5.06. The maximum absolute atomic E-state index is 12.8. The van der Waals surface area contributed by atoms with E-state index in [9.17, 15) is 17.6 Å². The number of rotatable bonds is 6. The van der Waals surface area contributed by atoms with E-state index in [4.69, 9.17) is 21.4 Å². The lowest BCUT2D eigenvalue weighted by Crippen LogP contribution is -2.39. The first kappa shape index (κ1) is 27.4. The third kappa shape index (κ3) is 6.21. The van der Waals surface area contributed by atoms with Gasteiger partial charge in [-0.1, -0.05) is 29.8 Å². The molecule has 0 spiro atoms. The molecule has 1 saturated carbocycles. The predicted molar refractivity (Wildman–Crippen MR) is 142 cm³/mol. The van der Waals surface area contributed by atoms with E-state index in [0.717, 1.165) is 24.0 Å². The molecule has 1 aliphatic carbocycles. The number of hydrogen-bond donors (Lipinski definition) is 1. The van der Waals surface area contributed by atoms with Crippen LogP contribution in [0.1, 0.15) is 38.3 Å². The third-order valence-electron chi connectivity index (χ3n) is 7.07. The number of nitrogens with zero attached hydrogens (tertiary/aromatic N) is 7. The van der Waals surface area contributed by atoms with Gasteiger partial charge in [0, 0.05) is 30.8 Å². The fraction of sp³-hybridized carbons (Fsp3) is 0.520. The Hall–Kier alpha value is -3.15. The molecule has 2 aliphatic rings. The molecule has 3 aromatic heterocycles. The second-order valence-corrected chi connectivity index (χ2v) is 10.6. The van der Waals surface area contributed by atoms with Crippen molar-refractivity contribution in [1.82, 2.24) is 34.5 Å². The molecule has 4 radical (unpaired) electrons. The molecule has 4 heterocycles. The van der Waals surface area contributed by atoms with Crippen LogP contribution in [0.25, 0.3) is 27.7 Å². The van der Waals surface area contributed by atoms with E-state index in [0.29, 0.717) is 34.8 Å². The van der Waals surface area contributed by atoms with E-state index >= 15 is 0 Å². The molecular formula is C25H28B2F4N8. The molecule has 1 aliphatic heterocycles. The molecular weight excluding hydrogens is 510 g/mol. The highest BCUT2D eigenvalue weighted by molar-refractivity contribution is 6.39. The Morgan fingerprint density at radius 1 is 1.21 bits per heavy atom. The van der Waals surface area contributed by atoms with Gasteiger partial charge in [-0.05, 0) is 43.0 Å². The van der Waals surface area contributed by atoms with Gasteiger partial charge in [-0.3, -0.25) is 4.90 Å². The van der Waals surface area contributed by atoms with Gasteiger partial charge in [0.05, 0.1) is 39.0 Å². The summed E-state index contributed by atoms with van der Waals surface area (Å²) in [6, 6.07) is 7.67. The van der Waals surface area contributed by atoms with Crippen LogP contribution in [0.4, 0.5) is 23.5 Å². The number of hydrogen-bond acceptors (Lipinski definition) is 6. The zero-order chi connectivity index (χ0) is 27.9. The smallest absolute Gasteiger partial charge is 0.261 e. The van der Waals surface area contributed by atoms with Crippen molar-refractivity contribution in [3.05, 3.63) is 36.2 Å². The van der Waals surface area contributed by atoms with E-state index in [2.05, 4.69) is 20.4 Å². The second kappa shape index (κ2) is 10.4. The van der Waals surface area contributed by atoms with Gasteiger partial charge in [-0.2, -0.15) is 0 Å². The molecule has 14 heteroatoms. The number of anilines is 1. The Morgan fingerprint density at radius 3 is 2.59 bits per heavy atom. The van der Waals surface area contributed by atoms with E-state index in [1.165, 1.54) is 11.1 Å². The molecule has 0 bridgehead atoms. The van der Waals surface area contributed by atoms with Crippen molar-refractivity contribution in [3.8, 4) is 11.1 Å². The van der Waals surface area contributed by atoms with Gasteiger partial charge in [0.2, 0.25) is 5.95 Å². The van der Waals surface area contributed by atoms with Crippen LogP contribution in [0, 0.1) is 0 Å². The lowest BCUT2D eigenvalue weighted by Gasteiger charge is -2.34. The lowest BCUT2D eigenvalue weighted by molar-refractivity contribution is 0.00252. The Kier molecular flexibility index (Phi) is 7.34. The summed E-state index contributed by atoms with van der Waals surface area (Å²) in [5.74, 6) is -2.29.